The number of rotatable bonds is 3. The molecule has 2 fully saturated rings. The lowest BCUT2D eigenvalue weighted by atomic mass is 10.0. The van der Waals surface area contributed by atoms with Crippen LogP contribution in [0.1, 0.15) is 0 Å². The summed E-state index contributed by atoms with van der Waals surface area (Å²) < 4.78 is 0. The highest BCUT2D eigenvalue weighted by molar-refractivity contribution is 5.38. The summed E-state index contributed by atoms with van der Waals surface area (Å²) in [5, 5.41) is 17.0. The Morgan fingerprint density at radius 3 is 2.59 bits per heavy atom. The van der Waals surface area contributed by atoms with Crippen molar-refractivity contribution in [1.29, 1.82) is 0 Å². The van der Waals surface area contributed by atoms with Gasteiger partial charge in [0.1, 0.15) is 0 Å². The lowest BCUT2D eigenvalue weighted by molar-refractivity contribution is 0.214. The van der Waals surface area contributed by atoms with E-state index < -0.39 is 0 Å². The number of nitrogens with zero attached hydrogens (tertiary/aromatic N) is 4. The summed E-state index contributed by atoms with van der Waals surface area (Å²) in [6.07, 6.45) is 1.71. The fourth-order valence-corrected chi connectivity index (χ4v) is 3.06. The maximum absolute atomic E-state index is 8.95. The van der Waals surface area contributed by atoms with E-state index in [0.717, 1.165) is 50.4 Å². The van der Waals surface area contributed by atoms with Crippen LogP contribution in [0.4, 0.5) is 5.82 Å². The molecule has 2 aliphatic rings. The van der Waals surface area contributed by atoms with E-state index in [2.05, 4.69) is 20.0 Å². The van der Waals surface area contributed by atoms with Crippen LogP contribution in [-0.2, 0) is 0 Å². The fourth-order valence-electron chi connectivity index (χ4n) is 3.06. The second kappa shape index (κ2) is 4.58. The van der Waals surface area contributed by atoms with Gasteiger partial charge in [0, 0.05) is 38.9 Å². The topological polar surface area (TPSA) is 52.5 Å². The zero-order chi connectivity index (χ0) is 11.7. The lowest BCUT2D eigenvalue weighted by Gasteiger charge is -2.21. The van der Waals surface area contributed by atoms with Gasteiger partial charge in [0.05, 0.1) is 6.61 Å². The van der Waals surface area contributed by atoms with Crippen molar-refractivity contribution in [3.05, 3.63) is 18.3 Å². The van der Waals surface area contributed by atoms with Crippen molar-refractivity contribution in [3.8, 4) is 0 Å². The number of fused-ring (bicyclic) bond motifs is 1. The molecular weight excluding hydrogens is 216 g/mol. The van der Waals surface area contributed by atoms with Crippen molar-refractivity contribution in [1.82, 2.24) is 15.1 Å². The second-order valence-corrected chi connectivity index (χ2v) is 4.99. The average Bonchev–Trinajstić information content (AvgIpc) is 2.88. The van der Waals surface area contributed by atoms with E-state index in [1.165, 1.54) is 0 Å². The van der Waals surface area contributed by atoms with Crippen LogP contribution in [0.2, 0.25) is 0 Å². The Hall–Kier alpha value is -1.20. The van der Waals surface area contributed by atoms with E-state index in [0.29, 0.717) is 0 Å². The summed E-state index contributed by atoms with van der Waals surface area (Å²) in [5.41, 5.74) is 0. The number of β-amino-alcohol motifs (C(OH)–C–C–N with tert-alkyl or cyclic N) is 1. The zero-order valence-corrected chi connectivity index (χ0v) is 9.87. The van der Waals surface area contributed by atoms with Gasteiger partial charge in [-0.15, -0.1) is 5.10 Å². The molecule has 0 bridgehead atoms. The van der Waals surface area contributed by atoms with E-state index in [9.17, 15) is 0 Å². The number of anilines is 1. The summed E-state index contributed by atoms with van der Waals surface area (Å²) in [6, 6.07) is 3.97. The first kappa shape index (κ1) is 10.9. The molecule has 17 heavy (non-hydrogen) atoms. The molecular formula is C12H18N4O. The second-order valence-electron chi connectivity index (χ2n) is 4.99. The SMILES string of the molecule is OCCN1C[C@@H]2CN(c3cccnn3)C[C@@H]2C1. The Bertz CT molecular complexity index is 358. The first-order valence-electron chi connectivity index (χ1n) is 6.22. The molecule has 0 spiro atoms. The number of hydrogen-bond acceptors (Lipinski definition) is 5. The van der Waals surface area contributed by atoms with Gasteiger partial charge in [-0.2, -0.15) is 5.10 Å². The molecule has 0 saturated carbocycles. The van der Waals surface area contributed by atoms with Crippen molar-refractivity contribution in [3.63, 3.8) is 0 Å². The van der Waals surface area contributed by atoms with Crippen LogP contribution in [0.15, 0.2) is 18.3 Å². The molecule has 2 atom stereocenters. The van der Waals surface area contributed by atoms with Crippen LogP contribution in [-0.4, -0.2) is 59.5 Å². The first-order valence-corrected chi connectivity index (χ1v) is 6.22. The van der Waals surface area contributed by atoms with Crippen LogP contribution < -0.4 is 4.90 Å². The molecule has 5 heteroatoms. The van der Waals surface area contributed by atoms with Gasteiger partial charge in [0.15, 0.2) is 5.82 Å². The van der Waals surface area contributed by atoms with E-state index in [-0.39, 0.29) is 6.61 Å². The number of likely N-dealkylation sites (tertiary alicyclic amines) is 1. The third-order valence-electron chi connectivity index (χ3n) is 3.86. The van der Waals surface area contributed by atoms with Gasteiger partial charge in [-0.25, -0.2) is 0 Å². The van der Waals surface area contributed by atoms with E-state index >= 15 is 0 Å². The standard InChI is InChI=1S/C12H18N4O/c17-5-4-15-6-10-8-16(9-11(10)7-15)12-2-1-3-13-14-12/h1-3,10-11,17H,4-9H2/t10-,11+. The monoisotopic (exact) mass is 234 g/mol. The zero-order valence-electron chi connectivity index (χ0n) is 9.87. The van der Waals surface area contributed by atoms with Crippen molar-refractivity contribution in [2.24, 2.45) is 11.8 Å². The maximum atomic E-state index is 8.95. The molecule has 0 amide bonds. The predicted octanol–water partition coefficient (Wildman–Crippen LogP) is -0.163. The first-order chi connectivity index (χ1) is 8.36. The number of aliphatic hydroxyl groups is 1. The van der Waals surface area contributed by atoms with E-state index in [1.54, 1.807) is 6.20 Å². The Balaban J connectivity index is 1.62. The van der Waals surface area contributed by atoms with Gasteiger partial charge in [-0.05, 0) is 24.0 Å². The Morgan fingerprint density at radius 2 is 2.00 bits per heavy atom. The van der Waals surface area contributed by atoms with Gasteiger partial charge in [-0.3, -0.25) is 0 Å². The van der Waals surface area contributed by atoms with Gasteiger partial charge < -0.3 is 14.9 Å². The van der Waals surface area contributed by atoms with Gasteiger partial charge in [0.2, 0.25) is 0 Å². The van der Waals surface area contributed by atoms with Gasteiger partial charge >= 0.3 is 0 Å². The minimum atomic E-state index is 0.271. The summed E-state index contributed by atoms with van der Waals surface area (Å²) in [7, 11) is 0. The average molecular weight is 234 g/mol. The van der Waals surface area contributed by atoms with Crippen molar-refractivity contribution >= 4 is 5.82 Å². The predicted molar refractivity (Wildman–Crippen MR) is 64.8 cm³/mol. The molecule has 2 aliphatic heterocycles. The fraction of sp³-hybridized carbons (Fsp3) is 0.667. The minimum absolute atomic E-state index is 0.271. The molecule has 0 radical (unpaired) electrons. The van der Waals surface area contributed by atoms with Crippen LogP contribution in [0.3, 0.4) is 0 Å². The van der Waals surface area contributed by atoms with Crippen LogP contribution in [0, 0.1) is 11.8 Å². The Labute approximate surface area is 101 Å². The molecule has 5 nitrogen and oxygen atoms in total. The van der Waals surface area contributed by atoms with Crippen molar-refractivity contribution in [2.75, 3.05) is 44.2 Å². The molecule has 92 valence electrons. The number of hydrogen-bond donors (Lipinski definition) is 1. The number of aliphatic hydroxyl groups excluding tert-OH is 1. The van der Waals surface area contributed by atoms with Gasteiger partial charge in [-0.1, -0.05) is 0 Å². The smallest absolute Gasteiger partial charge is 0.151 e. The highest BCUT2D eigenvalue weighted by Gasteiger charge is 2.39. The lowest BCUT2D eigenvalue weighted by Crippen LogP contribution is -2.30. The molecule has 1 aromatic heterocycles. The van der Waals surface area contributed by atoms with Crippen LogP contribution >= 0.6 is 0 Å². The largest absolute Gasteiger partial charge is 0.395 e. The third-order valence-corrected chi connectivity index (χ3v) is 3.86. The van der Waals surface area contributed by atoms with E-state index in [1.807, 2.05) is 12.1 Å². The minimum Gasteiger partial charge on any atom is -0.395 e. The molecule has 2 saturated heterocycles. The molecule has 1 aromatic rings. The van der Waals surface area contributed by atoms with Crippen molar-refractivity contribution < 1.29 is 5.11 Å². The normalized spacial score (nSPS) is 28.6. The third kappa shape index (κ3) is 2.12. The van der Waals surface area contributed by atoms with E-state index in [4.69, 9.17) is 5.11 Å². The molecule has 3 heterocycles. The summed E-state index contributed by atoms with van der Waals surface area (Å²) in [4.78, 5) is 4.70. The number of aromatic nitrogens is 2. The molecule has 3 rings (SSSR count). The highest BCUT2D eigenvalue weighted by atomic mass is 16.3. The molecule has 0 aliphatic carbocycles. The molecule has 0 aromatic carbocycles. The summed E-state index contributed by atoms with van der Waals surface area (Å²) >= 11 is 0. The maximum Gasteiger partial charge on any atom is 0.151 e. The highest BCUT2D eigenvalue weighted by Crippen LogP contribution is 2.32. The summed E-state index contributed by atoms with van der Waals surface area (Å²) in [6.45, 7) is 5.46. The molecule has 0 unspecified atom stereocenters. The van der Waals surface area contributed by atoms with Crippen LogP contribution in [0.25, 0.3) is 0 Å². The molecule has 1 N–H and O–H groups in total. The Kier molecular flexibility index (Phi) is 2.94. The Morgan fingerprint density at radius 1 is 1.24 bits per heavy atom. The summed E-state index contributed by atoms with van der Waals surface area (Å²) in [5.74, 6) is 2.45. The van der Waals surface area contributed by atoms with Crippen LogP contribution in [0.5, 0.6) is 0 Å². The quantitative estimate of drug-likeness (QED) is 0.787. The van der Waals surface area contributed by atoms with Gasteiger partial charge in [0.25, 0.3) is 0 Å². The van der Waals surface area contributed by atoms with Crippen molar-refractivity contribution in [2.45, 2.75) is 0 Å².